The highest BCUT2D eigenvalue weighted by atomic mass is 79.9. The third kappa shape index (κ3) is 3.06. The molecular weight excluding hydrogens is 214 g/mol. The van der Waals surface area contributed by atoms with Gasteiger partial charge >= 0.3 is 0 Å². The molecular formula is C10H20BrN. The van der Waals surface area contributed by atoms with Crippen LogP contribution >= 0.6 is 15.9 Å². The fourth-order valence-electron chi connectivity index (χ4n) is 2.10. The molecule has 1 saturated heterocycles. The van der Waals surface area contributed by atoms with Crippen molar-refractivity contribution in [3.05, 3.63) is 0 Å². The van der Waals surface area contributed by atoms with Gasteiger partial charge in [-0.15, -0.1) is 0 Å². The molecule has 1 aliphatic heterocycles. The molecule has 0 aliphatic carbocycles. The fraction of sp³-hybridized carbons (Fsp3) is 1.00. The molecule has 0 aromatic heterocycles. The molecule has 12 heavy (non-hydrogen) atoms. The topological polar surface area (TPSA) is 3.24 Å². The minimum Gasteiger partial charge on any atom is -0.300 e. The number of halogens is 1. The van der Waals surface area contributed by atoms with E-state index in [1.807, 2.05) is 0 Å². The maximum absolute atomic E-state index is 3.53. The van der Waals surface area contributed by atoms with Gasteiger partial charge in [0.15, 0.2) is 0 Å². The summed E-state index contributed by atoms with van der Waals surface area (Å²) in [7, 11) is 0. The molecule has 1 nitrogen and oxygen atoms in total. The Morgan fingerprint density at radius 2 is 2.17 bits per heavy atom. The van der Waals surface area contributed by atoms with E-state index in [9.17, 15) is 0 Å². The van der Waals surface area contributed by atoms with Crippen LogP contribution in [0.2, 0.25) is 0 Å². The Morgan fingerprint density at radius 1 is 1.33 bits per heavy atom. The Labute approximate surface area is 84.6 Å². The summed E-state index contributed by atoms with van der Waals surface area (Å²) in [4.78, 5) is 2.65. The van der Waals surface area contributed by atoms with Gasteiger partial charge in [-0.3, -0.25) is 4.90 Å². The molecule has 0 N–H and O–H groups in total. The predicted octanol–water partition coefficient (Wildman–Crippen LogP) is 3.04. The van der Waals surface area contributed by atoms with Crippen LogP contribution in [0.3, 0.4) is 0 Å². The van der Waals surface area contributed by atoms with Crippen LogP contribution in [0.5, 0.6) is 0 Å². The number of alkyl halides is 1. The van der Waals surface area contributed by atoms with Crippen LogP contribution in [0, 0.1) is 0 Å². The van der Waals surface area contributed by atoms with E-state index in [-0.39, 0.29) is 0 Å². The summed E-state index contributed by atoms with van der Waals surface area (Å²) >= 11 is 3.53. The molecule has 0 radical (unpaired) electrons. The number of rotatable bonds is 3. The zero-order chi connectivity index (χ0) is 8.81. The molecule has 0 spiro atoms. The van der Waals surface area contributed by atoms with Crippen LogP contribution in [0.15, 0.2) is 0 Å². The van der Waals surface area contributed by atoms with Crippen LogP contribution < -0.4 is 0 Å². The highest BCUT2D eigenvalue weighted by molar-refractivity contribution is 9.09. The second-order valence-electron chi connectivity index (χ2n) is 3.64. The quantitative estimate of drug-likeness (QED) is 0.678. The average Bonchev–Trinajstić information content (AvgIpc) is 2.30. The summed E-state index contributed by atoms with van der Waals surface area (Å²) in [6.45, 7) is 4.87. The first kappa shape index (κ1) is 10.5. The normalized spacial score (nSPS) is 27.0. The predicted molar refractivity (Wildman–Crippen MR) is 57.9 cm³/mol. The molecule has 1 unspecified atom stereocenters. The maximum Gasteiger partial charge on any atom is 0.0159 e. The molecule has 0 bridgehead atoms. The van der Waals surface area contributed by atoms with Gasteiger partial charge in [-0.1, -0.05) is 35.7 Å². The van der Waals surface area contributed by atoms with Gasteiger partial charge in [0.2, 0.25) is 0 Å². The molecule has 1 fully saturated rings. The number of hydrogen-bond acceptors (Lipinski definition) is 1. The lowest BCUT2D eigenvalue weighted by Gasteiger charge is -2.28. The standard InChI is InChI=1S/C10H20BrN/c1-2-10-6-4-3-5-8-12(10)9-7-11/h10H,2-9H2,1H3. The largest absolute Gasteiger partial charge is 0.300 e. The van der Waals surface area contributed by atoms with Gasteiger partial charge in [0, 0.05) is 17.9 Å². The lowest BCUT2D eigenvalue weighted by Crippen LogP contribution is -2.35. The van der Waals surface area contributed by atoms with Gasteiger partial charge in [-0.2, -0.15) is 0 Å². The average molecular weight is 234 g/mol. The van der Waals surface area contributed by atoms with Crippen molar-refractivity contribution in [2.24, 2.45) is 0 Å². The van der Waals surface area contributed by atoms with Crippen molar-refractivity contribution >= 4 is 15.9 Å². The van der Waals surface area contributed by atoms with Crippen molar-refractivity contribution in [1.29, 1.82) is 0 Å². The van der Waals surface area contributed by atoms with Crippen LogP contribution in [-0.4, -0.2) is 29.4 Å². The first-order valence-corrected chi connectivity index (χ1v) is 6.30. The SMILES string of the molecule is CCC1CCCCCN1CCBr. The van der Waals surface area contributed by atoms with Crippen molar-refractivity contribution in [1.82, 2.24) is 4.90 Å². The van der Waals surface area contributed by atoms with Crippen LogP contribution in [0.25, 0.3) is 0 Å². The zero-order valence-electron chi connectivity index (χ0n) is 8.06. The Morgan fingerprint density at radius 3 is 2.83 bits per heavy atom. The summed E-state index contributed by atoms with van der Waals surface area (Å²) in [5, 5.41) is 1.13. The molecule has 1 aliphatic rings. The zero-order valence-corrected chi connectivity index (χ0v) is 9.65. The molecule has 0 amide bonds. The first-order chi connectivity index (χ1) is 5.88. The van der Waals surface area contributed by atoms with Gasteiger partial charge in [-0.25, -0.2) is 0 Å². The smallest absolute Gasteiger partial charge is 0.0159 e. The molecule has 1 atom stereocenters. The summed E-state index contributed by atoms with van der Waals surface area (Å²) in [6.07, 6.45) is 7.03. The third-order valence-electron chi connectivity index (χ3n) is 2.84. The van der Waals surface area contributed by atoms with Crippen molar-refractivity contribution in [2.45, 2.75) is 45.1 Å². The first-order valence-electron chi connectivity index (χ1n) is 5.18. The van der Waals surface area contributed by atoms with Crippen molar-refractivity contribution in [2.75, 3.05) is 18.4 Å². The van der Waals surface area contributed by atoms with Crippen LogP contribution in [-0.2, 0) is 0 Å². The van der Waals surface area contributed by atoms with Crippen molar-refractivity contribution in [3.8, 4) is 0 Å². The summed E-state index contributed by atoms with van der Waals surface area (Å²) in [5.74, 6) is 0. The number of hydrogen-bond donors (Lipinski definition) is 0. The van der Waals surface area contributed by atoms with Crippen LogP contribution in [0.4, 0.5) is 0 Å². The second-order valence-corrected chi connectivity index (χ2v) is 4.43. The second kappa shape index (κ2) is 5.98. The van der Waals surface area contributed by atoms with E-state index >= 15 is 0 Å². The minimum absolute atomic E-state index is 0.866. The van der Waals surface area contributed by atoms with E-state index in [4.69, 9.17) is 0 Å². The number of likely N-dealkylation sites (tertiary alicyclic amines) is 1. The van der Waals surface area contributed by atoms with Crippen LogP contribution in [0.1, 0.15) is 39.0 Å². The Bertz CT molecular complexity index is 116. The Hall–Kier alpha value is 0.440. The van der Waals surface area contributed by atoms with Crippen molar-refractivity contribution < 1.29 is 0 Å². The lowest BCUT2D eigenvalue weighted by atomic mass is 10.1. The fourth-order valence-corrected chi connectivity index (χ4v) is 2.56. The summed E-state index contributed by atoms with van der Waals surface area (Å²) in [6, 6.07) is 0.866. The molecule has 2 heteroatoms. The molecule has 1 rings (SSSR count). The summed E-state index contributed by atoms with van der Waals surface area (Å²) in [5.41, 5.74) is 0. The molecule has 0 aromatic rings. The highest BCUT2D eigenvalue weighted by Crippen LogP contribution is 2.18. The maximum atomic E-state index is 3.53. The molecule has 1 heterocycles. The van der Waals surface area contributed by atoms with Gasteiger partial charge in [0.25, 0.3) is 0 Å². The van der Waals surface area contributed by atoms with E-state index in [2.05, 4.69) is 27.8 Å². The van der Waals surface area contributed by atoms with E-state index in [0.29, 0.717) is 0 Å². The highest BCUT2D eigenvalue weighted by Gasteiger charge is 2.17. The van der Waals surface area contributed by atoms with E-state index < -0.39 is 0 Å². The van der Waals surface area contributed by atoms with Gasteiger partial charge in [-0.05, 0) is 25.8 Å². The lowest BCUT2D eigenvalue weighted by molar-refractivity contribution is 0.207. The number of nitrogens with zero attached hydrogens (tertiary/aromatic N) is 1. The third-order valence-corrected chi connectivity index (χ3v) is 3.20. The van der Waals surface area contributed by atoms with Gasteiger partial charge in [0.05, 0.1) is 0 Å². The minimum atomic E-state index is 0.866. The molecule has 72 valence electrons. The Balaban J connectivity index is 2.39. The monoisotopic (exact) mass is 233 g/mol. The van der Waals surface area contributed by atoms with E-state index in [1.165, 1.54) is 45.2 Å². The van der Waals surface area contributed by atoms with Gasteiger partial charge in [0.1, 0.15) is 0 Å². The van der Waals surface area contributed by atoms with Crippen molar-refractivity contribution in [3.63, 3.8) is 0 Å². The Kier molecular flexibility index (Phi) is 5.24. The van der Waals surface area contributed by atoms with E-state index in [0.717, 1.165) is 11.4 Å². The molecule has 0 aromatic carbocycles. The molecule has 0 saturated carbocycles. The van der Waals surface area contributed by atoms with Gasteiger partial charge < -0.3 is 0 Å². The van der Waals surface area contributed by atoms with E-state index in [1.54, 1.807) is 0 Å². The summed E-state index contributed by atoms with van der Waals surface area (Å²) < 4.78 is 0.